The fourth-order valence-corrected chi connectivity index (χ4v) is 6.44. The van der Waals surface area contributed by atoms with Gasteiger partial charge in [0, 0.05) is 42.4 Å². The molecule has 4 amide bonds. The Labute approximate surface area is 252 Å². The zero-order valence-electron chi connectivity index (χ0n) is 23.9. The highest BCUT2D eigenvalue weighted by Gasteiger charge is 2.45. The quantitative estimate of drug-likeness (QED) is 0.354. The zero-order valence-corrected chi connectivity index (χ0v) is 23.9. The second-order valence-corrected chi connectivity index (χ2v) is 12.6. The fraction of sp³-hybridized carbons (Fsp3) is 0.438. The molecule has 1 aromatic carbocycles. The Kier molecular flexibility index (Phi) is 6.28. The minimum Gasteiger partial charge on any atom is -0.488 e. The predicted molar refractivity (Wildman–Crippen MR) is 154 cm³/mol. The molecule has 4 fully saturated rings. The molecular formula is C32H31FN6O5. The van der Waals surface area contributed by atoms with Gasteiger partial charge in [0.15, 0.2) is 0 Å². The van der Waals surface area contributed by atoms with Gasteiger partial charge in [0.25, 0.3) is 11.8 Å². The van der Waals surface area contributed by atoms with Gasteiger partial charge in [-0.15, -0.1) is 0 Å². The largest absolute Gasteiger partial charge is 0.488 e. The molecule has 2 aromatic heterocycles. The van der Waals surface area contributed by atoms with Crippen molar-refractivity contribution < 1.29 is 28.3 Å². The second-order valence-electron chi connectivity index (χ2n) is 12.6. The highest BCUT2D eigenvalue weighted by molar-refractivity contribution is 6.23. The van der Waals surface area contributed by atoms with Crippen molar-refractivity contribution in [2.75, 3.05) is 11.9 Å². The average Bonchev–Trinajstić information content (AvgIpc) is 3.92. The maximum atomic E-state index is 14.0. The maximum absolute atomic E-state index is 14.0. The van der Waals surface area contributed by atoms with E-state index in [4.69, 9.17) is 9.84 Å². The Bertz CT molecular complexity index is 1720. The molecule has 5 aliphatic rings. The molecule has 0 spiro atoms. The number of benzene rings is 1. The summed E-state index contributed by atoms with van der Waals surface area (Å²) in [5.74, 6) is -1.20. The van der Waals surface area contributed by atoms with E-state index in [2.05, 4.69) is 15.6 Å². The van der Waals surface area contributed by atoms with Crippen molar-refractivity contribution in [3.05, 3.63) is 59.3 Å². The van der Waals surface area contributed by atoms with E-state index in [9.17, 15) is 23.6 Å². The molecular weight excluding hydrogens is 567 g/mol. The van der Waals surface area contributed by atoms with Crippen LogP contribution >= 0.6 is 0 Å². The minimum absolute atomic E-state index is 0.0831. The van der Waals surface area contributed by atoms with Gasteiger partial charge in [0.2, 0.25) is 11.8 Å². The number of carbonyl (C=O) groups is 4. The van der Waals surface area contributed by atoms with Crippen molar-refractivity contribution in [3.63, 3.8) is 0 Å². The van der Waals surface area contributed by atoms with Gasteiger partial charge in [-0.05, 0) is 69.1 Å². The number of nitrogens with one attached hydrogen (secondary N) is 2. The van der Waals surface area contributed by atoms with Crippen LogP contribution in [0.25, 0.3) is 11.3 Å². The lowest BCUT2D eigenvalue weighted by atomic mass is 9.80. The molecule has 2 aliphatic heterocycles. The highest BCUT2D eigenvalue weighted by atomic mass is 19.1. The topological polar surface area (TPSA) is 136 Å². The number of halogens is 1. The third-order valence-corrected chi connectivity index (χ3v) is 9.24. The first-order valence-electron chi connectivity index (χ1n) is 15.3. The number of imide groups is 2. The van der Waals surface area contributed by atoms with Crippen LogP contribution in [0.2, 0.25) is 0 Å². The summed E-state index contributed by atoms with van der Waals surface area (Å²) >= 11 is 0. The summed E-state index contributed by atoms with van der Waals surface area (Å²) in [6.07, 6.45) is 9.58. The molecule has 3 aliphatic carbocycles. The van der Waals surface area contributed by atoms with E-state index in [1.165, 1.54) is 12.3 Å². The Morgan fingerprint density at radius 3 is 2.52 bits per heavy atom. The second kappa shape index (κ2) is 10.2. The van der Waals surface area contributed by atoms with E-state index in [1.807, 2.05) is 10.9 Å². The van der Waals surface area contributed by atoms with Gasteiger partial charge in [0.1, 0.15) is 23.3 Å². The third-order valence-electron chi connectivity index (χ3n) is 9.24. The van der Waals surface area contributed by atoms with Crippen LogP contribution in [0.3, 0.4) is 0 Å². The number of anilines is 1. The molecule has 8 rings (SSSR count). The molecule has 3 saturated carbocycles. The molecule has 11 nitrogen and oxygen atoms in total. The van der Waals surface area contributed by atoms with Crippen molar-refractivity contribution in [2.24, 2.45) is 5.92 Å². The number of fused-ring (bicyclic) bond motifs is 1. The summed E-state index contributed by atoms with van der Waals surface area (Å²) in [7, 11) is 0. The van der Waals surface area contributed by atoms with Crippen LogP contribution in [-0.2, 0) is 9.59 Å². The predicted octanol–water partition coefficient (Wildman–Crippen LogP) is 3.97. The Morgan fingerprint density at radius 1 is 0.977 bits per heavy atom. The minimum atomic E-state index is -0.984. The van der Waals surface area contributed by atoms with Crippen LogP contribution in [0.4, 0.5) is 10.1 Å². The van der Waals surface area contributed by atoms with Crippen molar-refractivity contribution in [1.82, 2.24) is 25.0 Å². The summed E-state index contributed by atoms with van der Waals surface area (Å²) in [5, 5.41) is 10.6. The van der Waals surface area contributed by atoms with Crippen LogP contribution in [0.5, 0.6) is 5.75 Å². The van der Waals surface area contributed by atoms with Crippen molar-refractivity contribution in [1.29, 1.82) is 0 Å². The Morgan fingerprint density at radius 2 is 1.77 bits per heavy atom. The van der Waals surface area contributed by atoms with E-state index < -0.39 is 35.5 Å². The van der Waals surface area contributed by atoms with Crippen molar-refractivity contribution in [3.8, 4) is 17.0 Å². The summed E-state index contributed by atoms with van der Waals surface area (Å²) in [6, 6.07) is 5.73. The van der Waals surface area contributed by atoms with Crippen LogP contribution in [0.15, 0.2) is 36.7 Å². The number of amides is 4. The summed E-state index contributed by atoms with van der Waals surface area (Å²) in [4.78, 5) is 55.4. The molecule has 1 unspecified atom stereocenters. The Hall–Kier alpha value is -4.61. The number of pyridine rings is 1. The van der Waals surface area contributed by atoms with Gasteiger partial charge in [-0.25, -0.2) is 9.37 Å². The number of hydrogen-bond donors (Lipinski definition) is 2. The number of hydrogen-bond acceptors (Lipinski definition) is 8. The summed E-state index contributed by atoms with van der Waals surface area (Å²) in [6.45, 7) is 0.691. The van der Waals surface area contributed by atoms with Crippen LogP contribution in [-0.4, -0.2) is 62.0 Å². The van der Waals surface area contributed by atoms with Gasteiger partial charge in [-0.1, -0.05) is 0 Å². The number of nitrogens with zero attached hydrogens (tertiary/aromatic N) is 4. The summed E-state index contributed by atoms with van der Waals surface area (Å²) in [5.41, 5.74) is 3.83. The molecule has 3 aromatic rings. The first-order valence-corrected chi connectivity index (χ1v) is 15.3. The van der Waals surface area contributed by atoms with E-state index in [0.717, 1.165) is 60.4 Å². The first-order chi connectivity index (χ1) is 21.3. The standard InChI is InChI=1S/C32H31FN6O5/c33-18-11-26(44-21-4-5-21)29(35-14-18)24-15-38(37-28(24)17-1-2-17)20-9-16(10-20)13-34-19-3-6-22-23(12-19)32(43)39(31(22)42)25-7-8-27(40)36-30(25)41/h3,6,11-12,14-17,20-21,25,34H,1-2,4-5,7-10,13H2,(H,36,40,41). The number of piperidine rings is 1. The van der Waals surface area contributed by atoms with E-state index in [1.54, 1.807) is 18.2 Å². The lowest BCUT2D eigenvalue weighted by Crippen LogP contribution is -2.54. The van der Waals surface area contributed by atoms with E-state index in [-0.39, 0.29) is 36.1 Å². The van der Waals surface area contributed by atoms with Gasteiger partial charge in [0.05, 0.1) is 35.2 Å². The van der Waals surface area contributed by atoms with Crippen LogP contribution in [0.1, 0.15) is 89.7 Å². The SMILES string of the molecule is O=C1CCC(N2C(=O)c3ccc(NCC4CC(n5cc(-c6ncc(F)cc6OC6CC6)c(C6CC6)n5)C4)cc3C2=O)C(=O)N1. The number of aromatic nitrogens is 3. The summed E-state index contributed by atoms with van der Waals surface area (Å²) < 4.78 is 22.1. The monoisotopic (exact) mass is 598 g/mol. The number of carbonyl (C=O) groups excluding carboxylic acids is 4. The molecule has 1 atom stereocenters. The van der Waals surface area contributed by atoms with E-state index >= 15 is 0 Å². The first kappa shape index (κ1) is 27.0. The molecule has 12 heteroatoms. The number of rotatable bonds is 9. The molecule has 2 N–H and O–H groups in total. The third kappa shape index (κ3) is 4.82. The van der Waals surface area contributed by atoms with Gasteiger partial charge >= 0.3 is 0 Å². The van der Waals surface area contributed by atoms with Crippen LogP contribution in [0, 0.1) is 11.7 Å². The van der Waals surface area contributed by atoms with Gasteiger partial charge in [-0.2, -0.15) is 5.10 Å². The smallest absolute Gasteiger partial charge is 0.262 e. The lowest BCUT2D eigenvalue weighted by molar-refractivity contribution is -0.136. The van der Waals surface area contributed by atoms with Gasteiger partial charge < -0.3 is 10.1 Å². The molecule has 0 radical (unpaired) electrons. The van der Waals surface area contributed by atoms with Gasteiger partial charge in [-0.3, -0.25) is 34.1 Å². The molecule has 226 valence electrons. The highest BCUT2D eigenvalue weighted by Crippen LogP contribution is 2.47. The average molecular weight is 599 g/mol. The normalized spacial score (nSPS) is 24.7. The molecule has 1 saturated heterocycles. The van der Waals surface area contributed by atoms with Crippen molar-refractivity contribution in [2.45, 2.75) is 75.5 Å². The lowest BCUT2D eigenvalue weighted by Gasteiger charge is -2.35. The maximum Gasteiger partial charge on any atom is 0.262 e. The van der Waals surface area contributed by atoms with Crippen molar-refractivity contribution >= 4 is 29.3 Å². The number of ether oxygens (including phenoxy) is 1. The van der Waals surface area contributed by atoms with E-state index in [0.29, 0.717) is 29.8 Å². The molecule has 4 heterocycles. The zero-order chi connectivity index (χ0) is 30.1. The van der Waals surface area contributed by atoms with Crippen LogP contribution < -0.4 is 15.4 Å². The molecule has 44 heavy (non-hydrogen) atoms. The fourth-order valence-electron chi connectivity index (χ4n) is 6.44. The molecule has 0 bridgehead atoms. The Balaban J connectivity index is 0.923.